The predicted octanol–water partition coefficient (Wildman–Crippen LogP) is 4.14. The average molecular weight is 308 g/mol. The summed E-state index contributed by atoms with van der Waals surface area (Å²) in [6.07, 6.45) is 0. The lowest BCUT2D eigenvalue weighted by atomic mass is 10.1. The molecule has 0 aliphatic carbocycles. The summed E-state index contributed by atoms with van der Waals surface area (Å²) in [6.45, 7) is 1.87. The van der Waals surface area contributed by atoms with Crippen LogP contribution in [0.15, 0.2) is 42.5 Å². The Morgan fingerprint density at radius 3 is 2.48 bits per heavy atom. The minimum absolute atomic E-state index is 0.0206. The maximum absolute atomic E-state index is 13.7. The van der Waals surface area contributed by atoms with Crippen molar-refractivity contribution < 1.29 is 9.18 Å². The van der Waals surface area contributed by atoms with Gasteiger partial charge in [-0.05, 0) is 36.8 Å². The first-order chi connectivity index (χ1) is 9.97. The van der Waals surface area contributed by atoms with Crippen molar-refractivity contribution in [3.8, 4) is 0 Å². The van der Waals surface area contributed by atoms with Gasteiger partial charge >= 0.3 is 6.03 Å². The van der Waals surface area contributed by atoms with Crippen molar-refractivity contribution in [2.45, 2.75) is 13.0 Å². The Balaban J connectivity index is 2.03. The van der Waals surface area contributed by atoms with Crippen LogP contribution in [0, 0.1) is 5.82 Å². The van der Waals surface area contributed by atoms with Crippen LogP contribution in [-0.2, 0) is 0 Å². The van der Waals surface area contributed by atoms with Crippen LogP contribution in [0.5, 0.6) is 0 Å². The van der Waals surface area contributed by atoms with E-state index in [0.29, 0.717) is 5.69 Å². The molecule has 0 spiro atoms. The maximum Gasteiger partial charge on any atom is 0.323 e. The molecule has 0 saturated heterocycles. The summed E-state index contributed by atoms with van der Waals surface area (Å²) in [4.78, 5) is 11.8. The highest BCUT2D eigenvalue weighted by Gasteiger charge is 2.09. The normalized spacial score (nSPS) is 11.8. The largest absolute Gasteiger partial charge is 0.324 e. The van der Waals surface area contributed by atoms with E-state index in [0.717, 1.165) is 5.56 Å². The van der Waals surface area contributed by atoms with E-state index in [1.807, 2.05) is 19.1 Å². The highest BCUT2D eigenvalue weighted by molar-refractivity contribution is 6.31. The molecule has 0 radical (unpaired) electrons. The summed E-state index contributed by atoms with van der Waals surface area (Å²) in [7, 11) is 0. The van der Waals surface area contributed by atoms with Gasteiger partial charge in [-0.2, -0.15) is 0 Å². The Morgan fingerprint density at radius 2 is 1.86 bits per heavy atom. The van der Waals surface area contributed by atoms with Crippen LogP contribution in [0.1, 0.15) is 18.5 Å². The van der Waals surface area contributed by atoms with Gasteiger partial charge in [-0.15, -0.1) is 0 Å². The quantitative estimate of drug-likeness (QED) is 0.797. The molecule has 0 heterocycles. The first-order valence-electron chi connectivity index (χ1n) is 6.35. The second-order valence-electron chi connectivity index (χ2n) is 4.59. The van der Waals surface area contributed by atoms with Gasteiger partial charge in [-0.25, -0.2) is 9.18 Å². The summed E-state index contributed by atoms with van der Waals surface area (Å²) in [5.41, 5.74) is 7.31. The first kappa shape index (κ1) is 15.3. The van der Waals surface area contributed by atoms with Crippen LogP contribution in [-0.4, -0.2) is 6.03 Å². The molecule has 4 N–H and O–H groups in total. The number of urea groups is 1. The lowest BCUT2D eigenvalue weighted by molar-refractivity contribution is 0.262. The van der Waals surface area contributed by atoms with Gasteiger partial charge in [0.2, 0.25) is 0 Å². The van der Waals surface area contributed by atoms with Crippen molar-refractivity contribution >= 4 is 29.0 Å². The fourth-order valence-corrected chi connectivity index (χ4v) is 1.93. The molecule has 6 heteroatoms. The molecule has 0 fully saturated rings. The number of nitrogens with one attached hydrogen (secondary N) is 2. The third-order valence-corrected chi connectivity index (χ3v) is 3.19. The molecule has 110 valence electrons. The minimum Gasteiger partial charge on any atom is -0.324 e. The van der Waals surface area contributed by atoms with Gasteiger partial charge in [-0.1, -0.05) is 29.8 Å². The maximum atomic E-state index is 13.7. The molecule has 2 aromatic rings. The van der Waals surface area contributed by atoms with Gasteiger partial charge in [0.05, 0.1) is 10.7 Å². The van der Waals surface area contributed by atoms with E-state index in [9.17, 15) is 9.18 Å². The van der Waals surface area contributed by atoms with Gasteiger partial charge < -0.3 is 16.4 Å². The monoisotopic (exact) mass is 307 g/mol. The summed E-state index contributed by atoms with van der Waals surface area (Å²) in [5, 5.41) is 4.96. The number of halogens is 2. The second kappa shape index (κ2) is 6.56. The lowest BCUT2D eigenvalue weighted by Gasteiger charge is -2.10. The van der Waals surface area contributed by atoms with Crippen LogP contribution in [0.4, 0.5) is 20.6 Å². The first-order valence-corrected chi connectivity index (χ1v) is 6.72. The highest BCUT2D eigenvalue weighted by atomic mass is 35.5. The van der Waals surface area contributed by atoms with Crippen molar-refractivity contribution in [3.63, 3.8) is 0 Å². The molecule has 0 aromatic heterocycles. The van der Waals surface area contributed by atoms with E-state index < -0.39 is 11.8 Å². The Morgan fingerprint density at radius 1 is 1.19 bits per heavy atom. The molecule has 0 aliphatic rings. The van der Waals surface area contributed by atoms with Gasteiger partial charge in [-0.3, -0.25) is 0 Å². The van der Waals surface area contributed by atoms with Crippen LogP contribution in [0.25, 0.3) is 0 Å². The molecular formula is C15H15ClFN3O. The van der Waals surface area contributed by atoms with Crippen LogP contribution >= 0.6 is 11.6 Å². The third-order valence-electron chi connectivity index (χ3n) is 2.89. The summed E-state index contributed by atoms with van der Waals surface area (Å²) >= 11 is 5.65. The van der Waals surface area contributed by atoms with E-state index in [1.54, 1.807) is 18.2 Å². The van der Waals surface area contributed by atoms with Crippen molar-refractivity contribution in [2.24, 2.45) is 5.73 Å². The van der Waals surface area contributed by atoms with E-state index in [4.69, 9.17) is 17.3 Å². The summed E-state index contributed by atoms with van der Waals surface area (Å²) in [5.74, 6) is -0.665. The van der Waals surface area contributed by atoms with E-state index in [-0.39, 0.29) is 16.8 Å². The van der Waals surface area contributed by atoms with E-state index in [1.165, 1.54) is 12.1 Å². The minimum atomic E-state index is -0.665. The number of hydrogen-bond acceptors (Lipinski definition) is 2. The highest BCUT2D eigenvalue weighted by Crippen LogP contribution is 2.22. The molecule has 2 amide bonds. The number of hydrogen-bond donors (Lipinski definition) is 3. The van der Waals surface area contributed by atoms with Crippen LogP contribution < -0.4 is 16.4 Å². The van der Waals surface area contributed by atoms with Crippen LogP contribution in [0.3, 0.4) is 0 Å². The number of rotatable bonds is 3. The molecule has 0 bridgehead atoms. The van der Waals surface area contributed by atoms with Gasteiger partial charge in [0, 0.05) is 11.7 Å². The van der Waals surface area contributed by atoms with Crippen molar-refractivity contribution in [2.75, 3.05) is 10.6 Å². The van der Waals surface area contributed by atoms with Gasteiger partial charge in [0.25, 0.3) is 0 Å². The second-order valence-corrected chi connectivity index (χ2v) is 5.00. The molecule has 2 aromatic carbocycles. The molecule has 21 heavy (non-hydrogen) atoms. The molecule has 0 saturated carbocycles. The molecule has 1 atom stereocenters. The standard InChI is InChI=1S/C15H15ClFN3O/c1-9(18)10-5-7-11(8-6-10)19-15(21)20-13-4-2-3-12(16)14(13)17/h2-9H,18H2,1H3,(H2,19,20,21). The van der Waals surface area contributed by atoms with Crippen molar-refractivity contribution in [1.29, 1.82) is 0 Å². The molecule has 2 rings (SSSR count). The smallest absolute Gasteiger partial charge is 0.323 e. The van der Waals surface area contributed by atoms with E-state index >= 15 is 0 Å². The molecule has 1 unspecified atom stereocenters. The zero-order valence-electron chi connectivity index (χ0n) is 11.4. The molecule has 4 nitrogen and oxygen atoms in total. The number of amides is 2. The summed E-state index contributed by atoms with van der Waals surface area (Å²) < 4.78 is 13.7. The predicted molar refractivity (Wildman–Crippen MR) is 83.1 cm³/mol. The number of carbonyl (C=O) groups is 1. The zero-order valence-corrected chi connectivity index (χ0v) is 12.1. The SMILES string of the molecule is CC(N)c1ccc(NC(=O)Nc2cccc(Cl)c2F)cc1. The van der Waals surface area contributed by atoms with Gasteiger partial charge in [0.1, 0.15) is 0 Å². The average Bonchev–Trinajstić information content (AvgIpc) is 2.44. The third kappa shape index (κ3) is 3.93. The van der Waals surface area contributed by atoms with E-state index in [2.05, 4.69) is 10.6 Å². The molecular weight excluding hydrogens is 293 g/mol. The van der Waals surface area contributed by atoms with Crippen molar-refractivity contribution in [3.05, 3.63) is 58.9 Å². The number of carbonyl (C=O) groups excluding carboxylic acids is 1. The van der Waals surface area contributed by atoms with Crippen molar-refractivity contribution in [1.82, 2.24) is 0 Å². The van der Waals surface area contributed by atoms with Crippen LogP contribution in [0.2, 0.25) is 5.02 Å². The lowest BCUT2D eigenvalue weighted by Crippen LogP contribution is -2.20. The fraction of sp³-hybridized carbons (Fsp3) is 0.133. The Labute approximate surface area is 127 Å². The number of anilines is 2. The fourth-order valence-electron chi connectivity index (χ4n) is 1.76. The topological polar surface area (TPSA) is 67.1 Å². The van der Waals surface area contributed by atoms with Gasteiger partial charge in [0.15, 0.2) is 5.82 Å². The number of benzene rings is 2. The Bertz CT molecular complexity index is 644. The Hall–Kier alpha value is -2.11. The zero-order chi connectivity index (χ0) is 15.4. The Kier molecular flexibility index (Phi) is 4.77. The summed E-state index contributed by atoms with van der Waals surface area (Å²) in [6, 6.07) is 10.9. The number of nitrogens with two attached hydrogens (primary N) is 1. The molecule has 0 aliphatic heterocycles.